The molecular weight excluding hydrogens is 392 g/mol. The minimum absolute atomic E-state index is 0.00470. The van der Waals surface area contributed by atoms with Crippen LogP contribution in [0.3, 0.4) is 0 Å². The fourth-order valence-corrected chi connectivity index (χ4v) is 3.66. The first-order valence-electron chi connectivity index (χ1n) is 10.6. The normalized spacial score (nSPS) is 16.9. The lowest BCUT2D eigenvalue weighted by molar-refractivity contribution is -0.140. The lowest BCUT2D eigenvalue weighted by Gasteiger charge is -2.28. The van der Waals surface area contributed by atoms with Crippen LogP contribution in [-0.4, -0.2) is 38.8 Å². The standard InChI is InChI=1S/C24H26N4O3/c1-4-15(3)28-14-16-12-17(10-11-22(16)31-21(5-2)24(28)30)26-23(29)20-13-25-18-8-6-7-9-19(18)27-20/h6-13,15,21H,4-5,14H2,1-3H3,(H,26,29). The summed E-state index contributed by atoms with van der Waals surface area (Å²) in [7, 11) is 0. The first kappa shape index (κ1) is 20.8. The number of rotatable bonds is 5. The minimum atomic E-state index is -0.497. The van der Waals surface area contributed by atoms with Crippen molar-refractivity contribution in [2.75, 3.05) is 5.32 Å². The number of hydrogen-bond acceptors (Lipinski definition) is 5. The van der Waals surface area contributed by atoms with Gasteiger partial charge in [0.1, 0.15) is 11.4 Å². The van der Waals surface area contributed by atoms with Crippen LogP contribution in [0.15, 0.2) is 48.7 Å². The van der Waals surface area contributed by atoms with Crippen molar-refractivity contribution in [1.29, 1.82) is 0 Å². The summed E-state index contributed by atoms with van der Waals surface area (Å²) in [6, 6.07) is 13.0. The van der Waals surface area contributed by atoms with Crippen LogP contribution in [-0.2, 0) is 11.3 Å². The monoisotopic (exact) mass is 418 g/mol. The van der Waals surface area contributed by atoms with E-state index < -0.39 is 6.10 Å². The van der Waals surface area contributed by atoms with Gasteiger partial charge in [0.15, 0.2) is 6.10 Å². The van der Waals surface area contributed by atoms with Crippen molar-refractivity contribution < 1.29 is 14.3 Å². The van der Waals surface area contributed by atoms with E-state index in [-0.39, 0.29) is 23.6 Å². The first-order chi connectivity index (χ1) is 15.0. The van der Waals surface area contributed by atoms with E-state index >= 15 is 0 Å². The Balaban J connectivity index is 1.59. The second-order valence-corrected chi connectivity index (χ2v) is 7.76. The predicted octanol–water partition coefficient (Wildman–Crippen LogP) is 4.18. The Bertz CT molecular complexity index is 1130. The van der Waals surface area contributed by atoms with Crippen molar-refractivity contribution in [2.24, 2.45) is 0 Å². The molecular formula is C24H26N4O3. The summed E-state index contributed by atoms with van der Waals surface area (Å²) in [6.07, 6.45) is 2.43. The molecule has 2 aromatic carbocycles. The highest BCUT2D eigenvalue weighted by Gasteiger charge is 2.32. The number of carbonyl (C=O) groups excluding carboxylic acids is 2. The van der Waals surface area contributed by atoms with Crippen LogP contribution < -0.4 is 10.1 Å². The van der Waals surface area contributed by atoms with Crippen molar-refractivity contribution in [3.05, 3.63) is 59.9 Å². The van der Waals surface area contributed by atoms with Crippen molar-refractivity contribution >= 4 is 28.5 Å². The Morgan fingerprint density at radius 1 is 1.23 bits per heavy atom. The molecule has 1 aliphatic heterocycles. The SMILES string of the molecule is CCC1Oc2ccc(NC(=O)c3cnc4ccccc4n3)cc2CN(C(C)CC)C1=O. The molecule has 1 aliphatic rings. The molecule has 0 spiro atoms. The zero-order valence-electron chi connectivity index (χ0n) is 18.0. The third kappa shape index (κ3) is 4.21. The maximum absolute atomic E-state index is 12.9. The highest BCUT2D eigenvalue weighted by Crippen LogP contribution is 2.30. The molecule has 7 heteroatoms. The van der Waals surface area contributed by atoms with E-state index in [2.05, 4.69) is 22.2 Å². The van der Waals surface area contributed by atoms with Crippen LogP contribution in [0.4, 0.5) is 5.69 Å². The maximum Gasteiger partial charge on any atom is 0.275 e. The van der Waals surface area contributed by atoms with E-state index in [9.17, 15) is 9.59 Å². The molecule has 1 aromatic heterocycles. The molecule has 0 bridgehead atoms. The fourth-order valence-electron chi connectivity index (χ4n) is 3.66. The molecule has 0 saturated heterocycles. The lowest BCUT2D eigenvalue weighted by atomic mass is 10.1. The van der Waals surface area contributed by atoms with Crippen molar-refractivity contribution in [3.8, 4) is 5.75 Å². The van der Waals surface area contributed by atoms with Crippen molar-refractivity contribution in [2.45, 2.75) is 52.3 Å². The van der Waals surface area contributed by atoms with Crippen molar-refractivity contribution in [1.82, 2.24) is 14.9 Å². The number of para-hydroxylation sites is 2. The Morgan fingerprint density at radius 3 is 2.74 bits per heavy atom. The summed E-state index contributed by atoms with van der Waals surface area (Å²) >= 11 is 0. The average molecular weight is 418 g/mol. The minimum Gasteiger partial charge on any atom is -0.480 e. The van der Waals surface area contributed by atoms with Gasteiger partial charge in [0.25, 0.3) is 11.8 Å². The third-order valence-corrected chi connectivity index (χ3v) is 5.66. The van der Waals surface area contributed by atoms with E-state index in [1.807, 2.05) is 55.1 Å². The third-order valence-electron chi connectivity index (χ3n) is 5.66. The largest absolute Gasteiger partial charge is 0.480 e. The average Bonchev–Trinajstić information content (AvgIpc) is 2.94. The Kier molecular flexibility index (Phi) is 5.84. The Morgan fingerprint density at radius 2 is 2.00 bits per heavy atom. The summed E-state index contributed by atoms with van der Waals surface area (Å²) < 4.78 is 6.01. The van der Waals surface area contributed by atoms with Gasteiger partial charge in [-0.25, -0.2) is 4.98 Å². The molecule has 31 heavy (non-hydrogen) atoms. The van der Waals surface area contributed by atoms with Crippen LogP contribution in [0.1, 0.15) is 49.7 Å². The van der Waals surface area contributed by atoms with E-state index in [0.29, 0.717) is 29.9 Å². The molecule has 2 amide bonds. The van der Waals surface area contributed by atoms with Crippen LogP contribution in [0.25, 0.3) is 11.0 Å². The molecule has 4 rings (SSSR count). The van der Waals surface area contributed by atoms with E-state index in [1.54, 1.807) is 6.07 Å². The number of aromatic nitrogens is 2. The summed E-state index contributed by atoms with van der Waals surface area (Å²) in [5, 5.41) is 2.89. The predicted molar refractivity (Wildman–Crippen MR) is 119 cm³/mol. The van der Waals surface area contributed by atoms with Crippen LogP contribution in [0.5, 0.6) is 5.75 Å². The Labute approximate surface area is 181 Å². The van der Waals surface area contributed by atoms with Gasteiger partial charge >= 0.3 is 0 Å². The highest BCUT2D eigenvalue weighted by molar-refractivity contribution is 6.03. The van der Waals surface area contributed by atoms with Gasteiger partial charge in [-0.15, -0.1) is 0 Å². The summed E-state index contributed by atoms with van der Waals surface area (Å²) in [4.78, 5) is 36.2. The van der Waals surface area contributed by atoms with Crippen LogP contribution in [0, 0.1) is 0 Å². The van der Waals surface area contributed by atoms with Gasteiger partial charge in [-0.2, -0.15) is 0 Å². The summed E-state index contributed by atoms with van der Waals surface area (Å²) in [5.41, 5.74) is 3.13. The van der Waals surface area contributed by atoms with Gasteiger partial charge < -0.3 is 15.0 Å². The molecule has 3 aromatic rings. The maximum atomic E-state index is 12.9. The molecule has 0 saturated carbocycles. The number of amides is 2. The molecule has 160 valence electrons. The number of nitrogens with one attached hydrogen (secondary N) is 1. The summed E-state index contributed by atoms with van der Waals surface area (Å²) in [6.45, 7) is 6.49. The second kappa shape index (κ2) is 8.71. The smallest absolute Gasteiger partial charge is 0.275 e. The van der Waals surface area contributed by atoms with E-state index in [0.717, 1.165) is 17.5 Å². The molecule has 2 heterocycles. The molecule has 0 aliphatic carbocycles. The first-order valence-corrected chi connectivity index (χ1v) is 10.6. The van der Waals surface area contributed by atoms with Gasteiger partial charge in [0, 0.05) is 23.8 Å². The number of nitrogens with zero attached hydrogens (tertiary/aromatic N) is 3. The van der Waals surface area contributed by atoms with Crippen LogP contribution in [0.2, 0.25) is 0 Å². The van der Waals surface area contributed by atoms with E-state index in [4.69, 9.17) is 4.74 Å². The second-order valence-electron chi connectivity index (χ2n) is 7.76. The highest BCUT2D eigenvalue weighted by atomic mass is 16.5. The molecule has 1 N–H and O–H groups in total. The quantitative estimate of drug-likeness (QED) is 0.672. The zero-order chi connectivity index (χ0) is 22.0. The molecule has 2 atom stereocenters. The van der Waals surface area contributed by atoms with Crippen LogP contribution >= 0.6 is 0 Å². The molecule has 2 unspecified atom stereocenters. The van der Waals surface area contributed by atoms with Gasteiger partial charge in [-0.05, 0) is 50.1 Å². The zero-order valence-corrected chi connectivity index (χ0v) is 18.0. The lowest BCUT2D eigenvalue weighted by Crippen LogP contribution is -2.43. The van der Waals surface area contributed by atoms with E-state index in [1.165, 1.54) is 6.20 Å². The van der Waals surface area contributed by atoms with Gasteiger partial charge in [-0.3, -0.25) is 14.6 Å². The number of benzene rings is 2. The summed E-state index contributed by atoms with van der Waals surface area (Å²) in [5.74, 6) is 0.341. The number of hydrogen-bond donors (Lipinski definition) is 1. The topological polar surface area (TPSA) is 84.4 Å². The Hall–Kier alpha value is -3.48. The van der Waals surface area contributed by atoms with Gasteiger partial charge in [0.2, 0.25) is 0 Å². The number of fused-ring (bicyclic) bond motifs is 2. The van der Waals surface area contributed by atoms with Crippen molar-refractivity contribution in [3.63, 3.8) is 0 Å². The molecule has 0 radical (unpaired) electrons. The number of carbonyl (C=O) groups is 2. The number of ether oxygens (including phenoxy) is 1. The van der Waals surface area contributed by atoms with Gasteiger partial charge in [0.05, 0.1) is 17.2 Å². The van der Waals surface area contributed by atoms with Gasteiger partial charge in [-0.1, -0.05) is 26.0 Å². The number of anilines is 1. The fraction of sp³-hybridized carbons (Fsp3) is 0.333. The molecule has 0 fully saturated rings. The molecule has 7 nitrogen and oxygen atoms in total.